The van der Waals surface area contributed by atoms with E-state index in [2.05, 4.69) is 272 Å². The molecular formula is C57H48BN3. The Morgan fingerprint density at radius 2 is 0.459 bits per heavy atom. The van der Waals surface area contributed by atoms with Gasteiger partial charge in [0.05, 0.1) is 0 Å². The first-order valence-electron chi connectivity index (χ1n) is 21.0. The maximum Gasteiger partial charge on any atom is 0.241 e. The third-order valence-electron chi connectivity index (χ3n) is 11.3. The summed E-state index contributed by atoms with van der Waals surface area (Å²) in [4.78, 5) is 7.01. The summed E-state index contributed by atoms with van der Waals surface area (Å²) in [5.41, 5.74) is 17.4. The van der Waals surface area contributed by atoms with Crippen LogP contribution in [-0.2, 0) is 0 Å². The van der Waals surface area contributed by atoms with Gasteiger partial charge in [-0.25, -0.2) is 0 Å². The normalized spacial score (nSPS) is 10.9. The summed E-state index contributed by atoms with van der Waals surface area (Å²) in [5.74, 6) is 0. The molecule has 0 N–H and O–H groups in total. The van der Waals surface area contributed by atoms with Gasteiger partial charge < -0.3 is 14.7 Å². The van der Waals surface area contributed by atoms with E-state index in [9.17, 15) is 0 Å². The Morgan fingerprint density at radius 1 is 0.230 bits per heavy atom. The lowest BCUT2D eigenvalue weighted by molar-refractivity contribution is 1.27. The van der Waals surface area contributed by atoms with Crippen molar-refractivity contribution >= 4 is 74.3 Å². The summed E-state index contributed by atoms with van der Waals surface area (Å²) < 4.78 is 0. The van der Waals surface area contributed by atoms with E-state index in [4.69, 9.17) is 0 Å². The fraction of sp³-hybridized carbons (Fsp3) is 0.0526. The van der Waals surface area contributed by atoms with E-state index in [-0.39, 0.29) is 6.71 Å². The zero-order valence-corrected chi connectivity index (χ0v) is 34.9. The lowest BCUT2D eigenvalue weighted by Gasteiger charge is -2.28. The molecule has 0 spiro atoms. The number of para-hydroxylation sites is 3. The summed E-state index contributed by atoms with van der Waals surface area (Å²) in [6.45, 7) is 6.43. The van der Waals surface area contributed by atoms with E-state index in [1.807, 2.05) is 0 Å². The van der Waals surface area contributed by atoms with Crippen LogP contribution in [0.25, 0.3) is 0 Å². The van der Waals surface area contributed by atoms with Gasteiger partial charge in [0.25, 0.3) is 0 Å². The van der Waals surface area contributed by atoms with Gasteiger partial charge >= 0.3 is 0 Å². The molecule has 3 nitrogen and oxygen atoms in total. The standard InChI is InChI=1S/C57H48BN3/c1-43-16-13-25-55(40-43)59(49-19-7-4-8-20-49)52-34-28-46(29-35-52)58(47-30-36-53(37-31-47)60(50-21-9-5-10-22-50)56-26-14-17-44(2)41-56)48-32-38-54(39-33-48)61(51-23-11-6-12-24-51)57-27-15-18-45(3)42-57/h4-42H,1-3H3. The van der Waals surface area contributed by atoms with Crippen molar-refractivity contribution in [3.63, 3.8) is 0 Å². The quantitative estimate of drug-likeness (QED) is 0.114. The zero-order valence-electron chi connectivity index (χ0n) is 34.9. The van der Waals surface area contributed by atoms with Gasteiger partial charge in [-0.15, -0.1) is 0 Å². The summed E-state index contributed by atoms with van der Waals surface area (Å²) in [5, 5.41) is 0. The van der Waals surface area contributed by atoms with Gasteiger partial charge in [-0.05, 0) is 147 Å². The minimum Gasteiger partial charge on any atom is -0.310 e. The highest BCUT2D eigenvalue weighted by Gasteiger charge is 2.24. The average Bonchev–Trinajstić information content (AvgIpc) is 3.30. The van der Waals surface area contributed by atoms with E-state index < -0.39 is 0 Å². The van der Waals surface area contributed by atoms with Crippen molar-refractivity contribution in [1.82, 2.24) is 0 Å². The van der Waals surface area contributed by atoms with Crippen LogP contribution in [0.15, 0.2) is 237 Å². The summed E-state index contributed by atoms with van der Waals surface area (Å²) >= 11 is 0. The predicted octanol–water partition coefficient (Wildman–Crippen LogP) is 13.5. The number of nitrogens with zero attached hydrogens (tertiary/aromatic N) is 3. The van der Waals surface area contributed by atoms with E-state index in [0.717, 1.165) is 51.2 Å². The van der Waals surface area contributed by atoms with Crippen molar-refractivity contribution in [2.75, 3.05) is 14.7 Å². The molecule has 0 aliphatic carbocycles. The summed E-state index contributed by atoms with van der Waals surface area (Å²) in [6, 6.07) is 85.5. The maximum atomic E-state index is 2.34. The molecule has 9 aromatic carbocycles. The van der Waals surface area contributed by atoms with Crippen LogP contribution in [0.4, 0.5) is 51.2 Å². The van der Waals surface area contributed by atoms with Crippen LogP contribution >= 0.6 is 0 Å². The monoisotopic (exact) mass is 785 g/mol. The Kier molecular flexibility index (Phi) is 11.3. The predicted molar refractivity (Wildman–Crippen MR) is 262 cm³/mol. The molecule has 9 rings (SSSR count). The third-order valence-corrected chi connectivity index (χ3v) is 11.3. The Labute approximate surface area is 361 Å². The molecule has 0 aliphatic rings. The van der Waals surface area contributed by atoms with Crippen molar-refractivity contribution in [2.24, 2.45) is 0 Å². The Balaban J connectivity index is 1.14. The second-order valence-corrected chi connectivity index (χ2v) is 15.7. The van der Waals surface area contributed by atoms with Crippen molar-refractivity contribution < 1.29 is 0 Å². The van der Waals surface area contributed by atoms with Crippen LogP contribution < -0.4 is 31.1 Å². The summed E-state index contributed by atoms with van der Waals surface area (Å²) in [7, 11) is 0. The fourth-order valence-electron chi connectivity index (χ4n) is 8.40. The molecule has 0 saturated carbocycles. The third kappa shape index (κ3) is 8.62. The molecule has 0 fully saturated rings. The lowest BCUT2D eigenvalue weighted by atomic mass is 9.37. The molecule has 0 saturated heterocycles. The molecular weight excluding hydrogens is 737 g/mol. The second kappa shape index (κ2) is 17.7. The van der Waals surface area contributed by atoms with Crippen LogP contribution in [0.3, 0.4) is 0 Å². The molecule has 0 radical (unpaired) electrons. The van der Waals surface area contributed by atoms with Gasteiger partial charge in [0.15, 0.2) is 0 Å². The molecule has 0 aliphatic heterocycles. The number of anilines is 9. The van der Waals surface area contributed by atoms with Crippen molar-refractivity contribution in [3.05, 3.63) is 253 Å². The minimum atomic E-state index is -0.0189. The van der Waals surface area contributed by atoms with Gasteiger partial charge in [-0.3, -0.25) is 0 Å². The fourth-order valence-corrected chi connectivity index (χ4v) is 8.40. The van der Waals surface area contributed by atoms with Gasteiger partial charge in [-0.1, -0.05) is 144 Å². The highest BCUT2D eigenvalue weighted by Crippen LogP contribution is 2.37. The van der Waals surface area contributed by atoms with E-state index >= 15 is 0 Å². The average molecular weight is 786 g/mol. The summed E-state index contributed by atoms with van der Waals surface area (Å²) in [6.07, 6.45) is 0. The van der Waals surface area contributed by atoms with Crippen LogP contribution in [0.1, 0.15) is 16.7 Å². The highest BCUT2D eigenvalue weighted by molar-refractivity contribution is 6.95. The second-order valence-electron chi connectivity index (χ2n) is 15.7. The van der Waals surface area contributed by atoms with Gasteiger partial charge in [0, 0.05) is 51.2 Å². The van der Waals surface area contributed by atoms with Crippen molar-refractivity contribution in [1.29, 1.82) is 0 Å². The molecule has 9 aromatic rings. The van der Waals surface area contributed by atoms with Crippen LogP contribution in [-0.4, -0.2) is 6.71 Å². The van der Waals surface area contributed by atoms with E-state index in [0.29, 0.717) is 0 Å². The number of benzene rings is 9. The number of aryl methyl sites for hydroxylation is 3. The number of rotatable bonds is 12. The molecule has 294 valence electrons. The molecule has 0 aromatic heterocycles. The SMILES string of the molecule is Cc1cccc(N(c2ccccc2)c2ccc(B(c3ccc(N(c4ccccc4)c4cccc(C)c4)cc3)c3ccc(N(c4ccccc4)c4cccc(C)c4)cc3)cc2)c1. The Hall–Kier alpha value is -7.56. The topological polar surface area (TPSA) is 9.72 Å². The largest absolute Gasteiger partial charge is 0.310 e. The molecule has 0 atom stereocenters. The maximum absolute atomic E-state index is 2.34. The van der Waals surface area contributed by atoms with Crippen LogP contribution in [0, 0.1) is 20.8 Å². The Bertz CT molecular complexity index is 2510. The molecule has 61 heavy (non-hydrogen) atoms. The lowest BCUT2D eigenvalue weighted by Crippen LogP contribution is -2.52. The first kappa shape index (κ1) is 38.9. The molecule has 0 unspecified atom stereocenters. The minimum absolute atomic E-state index is 0.0189. The number of hydrogen-bond acceptors (Lipinski definition) is 3. The van der Waals surface area contributed by atoms with Crippen molar-refractivity contribution in [3.8, 4) is 0 Å². The van der Waals surface area contributed by atoms with Crippen LogP contribution in [0.2, 0.25) is 0 Å². The molecule has 0 amide bonds. The molecule has 0 bridgehead atoms. The van der Waals surface area contributed by atoms with Gasteiger partial charge in [0.1, 0.15) is 0 Å². The molecule has 4 heteroatoms. The van der Waals surface area contributed by atoms with E-state index in [1.165, 1.54) is 33.1 Å². The number of hydrogen-bond donors (Lipinski definition) is 0. The first-order chi connectivity index (χ1) is 30.0. The molecule has 0 heterocycles. The first-order valence-corrected chi connectivity index (χ1v) is 21.0. The van der Waals surface area contributed by atoms with Crippen molar-refractivity contribution in [2.45, 2.75) is 20.8 Å². The van der Waals surface area contributed by atoms with Gasteiger partial charge in [-0.2, -0.15) is 0 Å². The highest BCUT2D eigenvalue weighted by atomic mass is 15.2. The van der Waals surface area contributed by atoms with Gasteiger partial charge in [0.2, 0.25) is 6.71 Å². The zero-order chi connectivity index (χ0) is 41.5. The van der Waals surface area contributed by atoms with Crippen LogP contribution in [0.5, 0.6) is 0 Å². The Morgan fingerprint density at radius 3 is 0.705 bits per heavy atom. The smallest absolute Gasteiger partial charge is 0.241 e. The van der Waals surface area contributed by atoms with E-state index in [1.54, 1.807) is 0 Å².